The number of piperidine rings is 1. The van der Waals surface area contributed by atoms with E-state index in [0.29, 0.717) is 12.2 Å². The number of likely N-dealkylation sites (tertiary alicyclic amines) is 1. The summed E-state index contributed by atoms with van der Waals surface area (Å²) in [6.45, 7) is 1.53. The Labute approximate surface area is 114 Å². The number of anilines is 1. The molecule has 2 rings (SSSR count). The number of amides is 2. The molecule has 0 saturated carbocycles. The van der Waals surface area contributed by atoms with Crippen LogP contribution in [0.1, 0.15) is 18.5 Å². The molecule has 1 saturated heterocycles. The summed E-state index contributed by atoms with van der Waals surface area (Å²) < 4.78 is 0. The number of hydrogen-bond acceptors (Lipinski definition) is 6. The van der Waals surface area contributed by atoms with Gasteiger partial charge in [-0.05, 0) is 19.4 Å². The molecule has 1 fully saturated rings. The number of nitro groups is 1. The first-order valence-corrected chi connectivity index (χ1v) is 6.09. The maximum absolute atomic E-state index is 11.9. The molecule has 106 valence electrons. The number of imide groups is 1. The standard InChI is InChI=1S/C12H14N4O4/c1-7-9(16(19)20)4-5-10(13-7)14-8-3-6-11(17)15(2)12(8)18/h4-5,8H,3,6H2,1-2H3,(H,13,14). The number of aryl methyl sites for hydroxylation is 1. The van der Waals surface area contributed by atoms with E-state index < -0.39 is 11.0 Å². The number of carbonyl (C=O) groups excluding carboxylic acids is 2. The van der Waals surface area contributed by atoms with Crippen LogP contribution >= 0.6 is 0 Å². The highest BCUT2D eigenvalue weighted by atomic mass is 16.6. The lowest BCUT2D eigenvalue weighted by Crippen LogP contribution is -2.48. The third-order valence-electron chi connectivity index (χ3n) is 3.23. The molecule has 1 aliphatic heterocycles. The molecule has 0 bridgehead atoms. The van der Waals surface area contributed by atoms with Gasteiger partial charge in [0.2, 0.25) is 5.91 Å². The largest absolute Gasteiger partial charge is 0.358 e. The first kappa shape index (κ1) is 13.9. The average molecular weight is 278 g/mol. The van der Waals surface area contributed by atoms with Crippen molar-refractivity contribution in [3.8, 4) is 0 Å². The van der Waals surface area contributed by atoms with Gasteiger partial charge in [0.25, 0.3) is 11.6 Å². The zero-order valence-electron chi connectivity index (χ0n) is 11.1. The SMILES string of the molecule is Cc1nc(NC2CCC(=O)N(C)C2=O)ccc1[N+](=O)[O-]. The van der Waals surface area contributed by atoms with Crippen LogP contribution in [0.25, 0.3) is 0 Å². The lowest BCUT2D eigenvalue weighted by Gasteiger charge is -2.28. The van der Waals surface area contributed by atoms with E-state index in [9.17, 15) is 19.7 Å². The third-order valence-corrected chi connectivity index (χ3v) is 3.23. The van der Waals surface area contributed by atoms with Gasteiger partial charge in [0.05, 0.1) is 4.92 Å². The summed E-state index contributed by atoms with van der Waals surface area (Å²) in [6.07, 6.45) is 0.672. The van der Waals surface area contributed by atoms with Crippen LogP contribution in [0.3, 0.4) is 0 Å². The van der Waals surface area contributed by atoms with Crippen LogP contribution in [0, 0.1) is 17.0 Å². The molecule has 0 aliphatic carbocycles. The van der Waals surface area contributed by atoms with Crippen LogP contribution in [0.15, 0.2) is 12.1 Å². The molecule has 1 aromatic rings. The van der Waals surface area contributed by atoms with Crippen molar-refractivity contribution in [3.63, 3.8) is 0 Å². The molecule has 1 unspecified atom stereocenters. The predicted molar refractivity (Wildman–Crippen MR) is 70.1 cm³/mol. The Balaban J connectivity index is 2.14. The summed E-state index contributed by atoms with van der Waals surface area (Å²) in [4.78, 5) is 38.6. The monoisotopic (exact) mass is 278 g/mol. The van der Waals surface area contributed by atoms with E-state index >= 15 is 0 Å². The first-order valence-electron chi connectivity index (χ1n) is 6.09. The number of pyridine rings is 1. The van der Waals surface area contributed by atoms with Gasteiger partial charge in [-0.2, -0.15) is 0 Å². The smallest absolute Gasteiger partial charge is 0.290 e. The number of hydrogen-bond donors (Lipinski definition) is 1. The zero-order valence-corrected chi connectivity index (χ0v) is 11.1. The van der Waals surface area contributed by atoms with Gasteiger partial charge in [-0.25, -0.2) is 4.98 Å². The molecular weight excluding hydrogens is 264 g/mol. The lowest BCUT2D eigenvalue weighted by atomic mass is 10.0. The fourth-order valence-electron chi connectivity index (χ4n) is 2.06. The average Bonchev–Trinajstić information content (AvgIpc) is 2.39. The summed E-state index contributed by atoms with van der Waals surface area (Å²) in [7, 11) is 1.44. The molecule has 0 aromatic carbocycles. The Hall–Kier alpha value is -2.51. The van der Waals surface area contributed by atoms with Gasteiger partial charge in [0, 0.05) is 19.5 Å². The van der Waals surface area contributed by atoms with E-state index in [1.165, 1.54) is 26.1 Å². The molecule has 20 heavy (non-hydrogen) atoms. The molecular formula is C12H14N4O4. The molecule has 1 N–H and O–H groups in total. The van der Waals surface area contributed by atoms with Gasteiger partial charge >= 0.3 is 0 Å². The van der Waals surface area contributed by atoms with Crippen molar-refractivity contribution >= 4 is 23.3 Å². The van der Waals surface area contributed by atoms with Crippen LogP contribution in [-0.4, -0.2) is 39.7 Å². The molecule has 0 radical (unpaired) electrons. The highest BCUT2D eigenvalue weighted by Gasteiger charge is 2.31. The number of nitrogens with zero attached hydrogens (tertiary/aromatic N) is 3. The van der Waals surface area contributed by atoms with Crippen molar-refractivity contribution in [2.75, 3.05) is 12.4 Å². The minimum atomic E-state index is -0.536. The second-order valence-corrected chi connectivity index (χ2v) is 4.58. The normalized spacial score (nSPS) is 19.1. The maximum Gasteiger partial charge on any atom is 0.290 e. The highest BCUT2D eigenvalue weighted by molar-refractivity contribution is 6.01. The highest BCUT2D eigenvalue weighted by Crippen LogP contribution is 2.20. The predicted octanol–water partition coefficient (Wildman–Crippen LogP) is 0.858. The van der Waals surface area contributed by atoms with Crippen molar-refractivity contribution in [1.82, 2.24) is 9.88 Å². The molecule has 1 atom stereocenters. The van der Waals surface area contributed by atoms with Crippen LogP contribution < -0.4 is 5.32 Å². The number of nitrogens with one attached hydrogen (secondary N) is 1. The Bertz CT molecular complexity index is 587. The minimum absolute atomic E-state index is 0.0715. The third kappa shape index (κ3) is 2.58. The Morgan fingerprint density at radius 1 is 1.45 bits per heavy atom. The molecule has 2 amide bonds. The van der Waals surface area contributed by atoms with E-state index in [-0.39, 0.29) is 29.6 Å². The first-order chi connectivity index (χ1) is 9.40. The van der Waals surface area contributed by atoms with Crippen molar-refractivity contribution < 1.29 is 14.5 Å². The van der Waals surface area contributed by atoms with E-state index in [0.717, 1.165) is 4.90 Å². The summed E-state index contributed by atoms with van der Waals surface area (Å²) in [6, 6.07) is 2.26. The summed E-state index contributed by atoms with van der Waals surface area (Å²) in [5.41, 5.74) is 0.200. The van der Waals surface area contributed by atoms with E-state index in [2.05, 4.69) is 10.3 Å². The van der Waals surface area contributed by atoms with Crippen molar-refractivity contribution in [1.29, 1.82) is 0 Å². The van der Waals surface area contributed by atoms with Gasteiger partial charge < -0.3 is 5.32 Å². The summed E-state index contributed by atoms with van der Waals surface area (Å²) >= 11 is 0. The van der Waals surface area contributed by atoms with Crippen LogP contribution in [0.2, 0.25) is 0 Å². The number of carbonyl (C=O) groups is 2. The maximum atomic E-state index is 11.9. The van der Waals surface area contributed by atoms with Crippen molar-refractivity contribution in [3.05, 3.63) is 27.9 Å². The number of aromatic nitrogens is 1. The second-order valence-electron chi connectivity index (χ2n) is 4.58. The Kier molecular flexibility index (Phi) is 3.64. The Morgan fingerprint density at radius 2 is 2.15 bits per heavy atom. The molecule has 1 aromatic heterocycles. The fraction of sp³-hybridized carbons (Fsp3) is 0.417. The fourth-order valence-corrected chi connectivity index (χ4v) is 2.06. The minimum Gasteiger partial charge on any atom is -0.358 e. The number of likely N-dealkylation sites (N-methyl/N-ethyl adjacent to an activating group) is 1. The lowest BCUT2D eigenvalue weighted by molar-refractivity contribution is -0.385. The molecule has 2 heterocycles. The molecule has 0 spiro atoms. The number of rotatable bonds is 3. The molecule has 8 nitrogen and oxygen atoms in total. The van der Waals surface area contributed by atoms with Crippen LogP contribution in [-0.2, 0) is 9.59 Å². The topological polar surface area (TPSA) is 105 Å². The van der Waals surface area contributed by atoms with Gasteiger partial charge in [0.1, 0.15) is 17.6 Å². The van der Waals surface area contributed by atoms with Gasteiger partial charge in [0.15, 0.2) is 0 Å². The zero-order chi connectivity index (χ0) is 14.9. The van der Waals surface area contributed by atoms with Crippen molar-refractivity contribution in [2.45, 2.75) is 25.8 Å². The quantitative estimate of drug-likeness (QED) is 0.499. The Morgan fingerprint density at radius 3 is 2.75 bits per heavy atom. The van der Waals surface area contributed by atoms with Crippen LogP contribution in [0.4, 0.5) is 11.5 Å². The van der Waals surface area contributed by atoms with Gasteiger partial charge in [-0.3, -0.25) is 24.6 Å². The molecule has 1 aliphatic rings. The second kappa shape index (κ2) is 5.24. The van der Waals surface area contributed by atoms with Crippen LogP contribution in [0.5, 0.6) is 0 Å². The summed E-state index contributed by atoms with van der Waals surface area (Å²) in [5.74, 6) is -0.144. The summed E-state index contributed by atoms with van der Waals surface area (Å²) in [5, 5.41) is 13.6. The van der Waals surface area contributed by atoms with E-state index in [4.69, 9.17) is 0 Å². The van der Waals surface area contributed by atoms with E-state index in [1.807, 2.05) is 0 Å². The van der Waals surface area contributed by atoms with E-state index in [1.54, 1.807) is 0 Å². The van der Waals surface area contributed by atoms with Gasteiger partial charge in [-0.15, -0.1) is 0 Å². The molecule has 8 heteroatoms. The van der Waals surface area contributed by atoms with Crippen molar-refractivity contribution in [2.24, 2.45) is 0 Å². The van der Waals surface area contributed by atoms with Gasteiger partial charge in [-0.1, -0.05) is 0 Å².